The smallest absolute Gasteiger partial charge is 0.145 e. The molecule has 0 unspecified atom stereocenters. The van der Waals surface area contributed by atoms with Crippen LogP contribution in [0.2, 0.25) is 0 Å². The lowest BCUT2D eigenvalue weighted by Gasteiger charge is -2.19. The van der Waals surface area contributed by atoms with E-state index in [1.54, 1.807) is 0 Å². The Bertz CT molecular complexity index is 548. The highest BCUT2D eigenvalue weighted by molar-refractivity contribution is 9.10. The van der Waals surface area contributed by atoms with Gasteiger partial charge in [-0.15, -0.1) is 0 Å². The zero-order chi connectivity index (χ0) is 14.5. The molecule has 0 radical (unpaired) electrons. The minimum Gasteiger partial charge on any atom is -0.355 e. The van der Waals surface area contributed by atoms with Crippen molar-refractivity contribution in [1.82, 2.24) is 9.97 Å². The Hall–Kier alpha value is -1.66. The van der Waals surface area contributed by atoms with Gasteiger partial charge in [-0.1, -0.05) is 35.0 Å². The monoisotopic (exact) mass is 335 g/mol. The van der Waals surface area contributed by atoms with E-state index >= 15 is 0 Å². The second-order valence-corrected chi connectivity index (χ2v) is 5.42. The predicted octanol–water partition coefficient (Wildman–Crippen LogP) is 2.72. The molecule has 0 aliphatic rings. The molecule has 0 saturated heterocycles. The van der Waals surface area contributed by atoms with Gasteiger partial charge in [-0.3, -0.25) is 0 Å². The maximum absolute atomic E-state index is 5.45. The number of nitrogen functional groups attached to an aromatic ring is 1. The Morgan fingerprint density at radius 2 is 1.95 bits per heavy atom. The summed E-state index contributed by atoms with van der Waals surface area (Å²) in [5.41, 5.74) is 3.80. The van der Waals surface area contributed by atoms with Crippen molar-refractivity contribution in [3.8, 4) is 0 Å². The fraction of sp³-hybridized carbons (Fsp3) is 0.286. The summed E-state index contributed by atoms with van der Waals surface area (Å²) < 4.78 is 1.08. The van der Waals surface area contributed by atoms with E-state index in [-0.39, 0.29) is 0 Å². The minimum absolute atomic E-state index is 0.634. The van der Waals surface area contributed by atoms with Gasteiger partial charge < -0.3 is 10.3 Å². The first-order chi connectivity index (χ1) is 9.62. The highest BCUT2D eigenvalue weighted by atomic mass is 79.9. The average Bonchev–Trinajstić information content (AvgIpc) is 2.48. The average molecular weight is 336 g/mol. The van der Waals surface area contributed by atoms with Crippen molar-refractivity contribution in [1.29, 1.82) is 0 Å². The molecule has 0 bridgehead atoms. The number of nitrogens with two attached hydrogens (primary N) is 1. The van der Waals surface area contributed by atoms with Gasteiger partial charge in [-0.25, -0.2) is 15.8 Å². The van der Waals surface area contributed by atoms with Crippen LogP contribution in [0.5, 0.6) is 0 Å². The van der Waals surface area contributed by atoms with E-state index in [9.17, 15) is 0 Å². The van der Waals surface area contributed by atoms with Crippen molar-refractivity contribution in [3.63, 3.8) is 0 Å². The second-order valence-electron chi connectivity index (χ2n) is 4.51. The summed E-state index contributed by atoms with van der Waals surface area (Å²) in [6.45, 7) is 2.80. The lowest BCUT2D eigenvalue weighted by Crippen LogP contribution is -2.20. The van der Waals surface area contributed by atoms with Crippen LogP contribution in [-0.2, 0) is 13.0 Å². The van der Waals surface area contributed by atoms with E-state index in [4.69, 9.17) is 5.84 Å². The topological polar surface area (TPSA) is 67.1 Å². The predicted molar refractivity (Wildman–Crippen MR) is 85.5 cm³/mol. The molecule has 0 spiro atoms. The van der Waals surface area contributed by atoms with E-state index in [1.165, 1.54) is 5.56 Å². The fourth-order valence-corrected chi connectivity index (χ4v) is 2.12. The third kappa shape index (κ3) is 3.68. The zero-order valence-corrected chi connectivity index (χ0v) is 13.2. The Balaban J connectivity index is 2.19. The van der Waals surface area contributed by atoms with Crippen LogP contribution in [0.1, 0.15) is 18.3 Å². The summed E-state index contributed by atoms with van der Waals surface area (Å²) in [5, 5.41) is 0. The molecule has 0 aliphatic heterocycles. The summed E-state index contributed by atoms with van der Waals surface area (Å²) in [4.78, 5) is 10.9. The molecule has 106 valence electrons. The number of nitrogens with one attached hydrogen (secondary N) is 1. The van der Waals surface area contributed by atoms with Gasteiger partial charge in [-0.05, 0) is 17.7 Å². The first-order valence-electron chi connectivity index (χ1n) is 6.42. The number of aryl methyl sites for hydroxylation is 1. The van der Waals surface area contributed by atoms with Gasteiger partial charge in [0.25, 0.3) is 0 Å². The molecule has 0 fully saturated rings. The summed E-state index contributed by atoms with van der Waals surface area (Å²) in [7, 11) is 2.00. The molecule has 20 heavy (non-hydrogen) atoms. The van der Waals surface area contributed by atoms with Gasteiger partial charge in [0.15, 0.2) is 0 Å². The van der Waals surface area contributed by atoms with Crippen LogP contribution in [0.4, 0.5) is 11.6 Å². The van der Waals surface area contributed by atoms with Crippen LogP contribution < -0.4 is 16.2 Å². The molecule has 0 atom stereocenters. The van der Waals surface area contributed by atoms with Crippen molar-refractivity contribution in [2.75, 3.05) is 17.4 Å². The molecule has 0 amide bonds. The highest BCUT2D eigenvalue weighted by Gasteiger charge is 2.08. The van der Waals surface area contributed by atoms with Crippen molar-refractivity contribution >= 4 is 27.6 Å². The molecule has 3 N–H and O–H groups in total. The normalized spacial score (nSPS) is 10.4. The Morgan fingerprint density at radius 1 is 1.25 bits per heavy atom. The van der Waals surface area contributed by atoms with Gasteiger partial charge in [-0.2, -0.15) is 0 Å². The van der Waals surface area contributed by atoms with Crippen molar-refractivity contribution < 1.29 is 0 Å². The van der Waals surface area contributed by atoms with Crippen LogP contribution in [-0.4, -0.2) is 17.0 Å². The van der Waals surface area contributed by atoms with Crippen LogP contribution in [0.3, 0.4) is 0 Å². The number of aromatic nitrogens is 2. The molecule has 6 heteroatoms. The van der Waals surface area contributed by atoms with Crippen LogP contribution >= 0.6 is 15.9 Å². The second kappa shape index (κ2) is 6.67. The number of hydrogen-bond acceptors (Lipinski definition) is 5. The van der Waals surface area contributed by atoms with Gasteiger partial charge in [0, 0.05) is 30.6 Å². The van der Waals surface area contributed by atoms with Gasteiger partial charge in [0.1, 0.15) is 17.5 Å². The number of hydrogen-bond donors (Lipinski definition) is 2. The number of nitrogens with zero attached hydrogens (tertiary/aromatic N) is 3. The van der Waals surface area contributed by atoms with Crippen LogP contribution in [0, 0.1) is 0 Å². The first kappa shape index (κ1) is 14.7. The van der Waals surface area contributed by atoms with E-state index in [0.717, 1.165) is 29.1 Å². The number of anilines is 2. The zero-order valence-electron chi connectivity index (χ0n) is 11.6. The quantitative estimate of drug-likeness (QED) is 0.649. The van der Waals surface area contributed by atoms with Crippen LogP contribution in [0.25, 0.3) is 0 Å². The van der Waals surface area contributed by atoms with Gasteiger partial charge >= 0.3 is 0 Å². The largest absolute Gasteiger partial charge is 0.355 e. The summed E-state index contributed by atoms with van der Waals surface area (Å²) in [5.74, 6) is 7.71. The maximum Gasteiger partial charge on any atom is 0.145 e. The molecule has 5 nitrogen and oxygen atoms in total. The van der Waals surface area contributed by atoms with Crippen molar-refractivity contribution in [2.45, 2.75) is 19.9 Å². The van der Waals surface area contributed by atoms with E-state index in [2.05, 4.69) is 48.4 Å². The van der Waals surface area contributed by atoms with Crippen molar-refractivity contribution in [2.24, 2.45) is 5.84 Å². The lowest BCUT2D eigenvalue weighted by atomic mass is 10.2. The molecular formula is C14H18BrN5. The Labute approximate surface area is 127 Å². The molecule has 2 rings (SSSR count). The van der Waals surface area contributed by atoms with E-state index < -0.39 is 0 Å². The number of rotatable bonds is 5. The SMILES string of the molecule is CCc1nc(NN)cc(N(C)Cc2ccc(Br)cc2)n1. The molecule has 1 heterocycles. The standard InChI is InChI=1S/C14H18BrN5/c1-3-12-17-13(19-16)8-14(18-12)20(2)9-10-4-6-11(15)7-5-10/h4-8H,3,9,16H2,1-2H3,(H,17,18,19). The van der Waals surface area contributed by atoms with E-state index in [0.29, 0.717) is 5.82 Å². The fourth-order valence-electron chi connectivity index (χ4n) is 1.86. The molecule has 0 aliphatic carbocycles. The van der Waals surface area contributed by atoms with Gasteiger partial charge in [0.2, 0.25) is 0 Å². The number of benzene rings is 1. The van der Waals surface area contributed by atoms with Gasteiger partial charge in [0.05, 0.1) is 0 Å². The van der Waals surface area contributed by atoms with Crippen molar-refractivity contribution in [3.05, 3.63) is 46.2 Å². The third-order valence-electron chi connectivity index (χ3n) is 2.95. The molecule has 2 aromatic rings. The Morgan fingerprint density at radius 3 is 2.55 bits per heavy atom. The Kier molecular flexibility index (Phi) is 4.92. The van der Waals surface area contributed by atoms with E-state index in [1.807, 2.05) is 32.2 Å². The summed E-state index contributed by atoms with van der Waals surface area (Å²) >= 11 is 3.44. The lowest BCUT2D eigenvalue weighted by molar-refractivity contribution is 0.859. The third-order valence-corrected chi connectivity index (χ3v) is 3.48. The molecular weight excluding hydrogens is 318 g/mol. The first-order valence-corrected chi connectivity index (χ1v) is 7.22. The number of halogens is 1. The molecule has 1 aromatic carbocycles. The summed E-state index contributed by atoms with van der Waals surface area (Å²) in [6.07, 6.45) is 0.772. The minimum atomic E-state index is 0.634. The maximum atomic E-state index is 5.45. The van der Waals surface area contributed by atoms with Crippen LogP contribution in [0.15, 0.2) is 34.8 Å². The molecule has 1 aromatic heterocycles. The molecule has 0 saturated carbocycles. The highest BCUT2D eigenvalue weighted by Crippen LogP contribution is 2.18. The summed E-state index contributed by atoms with van der Waals surface area (Å²) in [6, 6.07) is 10.1. The number of hydrazine groups is 1.